The highest BCUT2D eigenvalue weighted by atomic mass is 32.1. The molecule has 8 nitrogen and oxygen atoms in total. The third-order valence-corrected chi connectivity index (χ3v) is 7.10. The lowest BCUT2D eigenvalue weighted by Crippen LogP contribution is -2.48. The minimum Gasteiger partial charge on any atom is -0.378 e. The summed E-state index contributed by atoms with van der Waals surface area (Å²) in [5, 5.41) is 9.41. The molecule has 5 rings (SSSR count). The Morgan fingerprint density at radius 2 is 1.75 bits per heavy atom. The summed E-state index contributed by atoms with van der Waals surface area (Å²) in [6.45, 7) is 7.90. The molecule has 9 heteroatoms. The number of aryl methyl sites for hydroxylation is 1. The van der Waals surface area contributed by atoms with Crippen LogP contribution in [0.15, 0.2) is 42.6 Å². The predicted octanol–water partition coefficient (Wildman–Crippen LogP) is 2.71. The van der Waals surface area contributed by atoms with E-state index in [1.807, 2.05) is 42.2 Å². The molecule has 0 unspecified atom stereocenters. The molecule has 2 aromatic heterocycles. The van der Waals surface area contributed by atoms with Gasteiger partial charge in [0, 0.05) is 50.9 Å². The number of morpholine rings is 1. The number of amides is 1. The summed E-state index contributed by atoms with van der Waals surface area (Å²) in [5.41, 5.74) is 2.90. The van der Waals surface area contributed by atoms with Crippen molar-refractivity contribution >= 4 is 28.7 Å². The van der Waals surface area contributed by atoms with Gasteiger partial charge in [-0.2, -0.15) is 5.10 Å². The van der Waals surface area contributed by atoms with Crippen LogP contribution in [0.5, 0.6) is 0 Å². The Balaban J connectivity index is 1.24. The average Bonchev–Trinajstić information content (AvgIpc) is 3.26. The zero-order valence-corrected chi connectivity index (χ0v) is 18.9. The molecule has 0 N–H and O–H groups in total. The van der Waals surface area contributed by atoms with Gasteiger partial charge in [0.25, 0.3) is 5.91 Å². The quantitative estimate of drug-likeness (QED) is 0.605. The zero-order chi connectivity index (χ0) is 21.9. The van der Waals surface area contributed by atoms with Gasteiger partial charge in [0.2, 0.25) is 0 Å². The van der Waals surface area contributed by atoms with Crippen LogP contribution in [0, 0.1) is 6.92 Å². The van der Waals surface area contributed by atoms with E-state index in [2.05, 4.69) is 31.0 Å². The molecule has 0 spiro atoms. The molecule has 0 atom stereocenters. The Labute approximate surface area is 191 Å². The van der Waals surface area contributed by atoms with E-state index in [-0.39, 0.29) is 5.91 Å². The normalized spacial score (nSPS) is 17.0. The van der Waals surface area contributed by atoms with E-state index in [0.717, 1.165) is 72.0 Å². The number of thiazole rings is 1. The van der Waals surface area contributed by atoms with Crippen molar-refractivity contribution in [2.24, 2.45) is 0 Å². The summed E-state index contributed by atoms with van der Waals surface area (Å²) in [4.78, 5) is 25.0. The minimum absolute atomic E-state index is 0.0729. The number of rotatable bonds is 4. The lowest BCUT2D eigenvalue weighted by Gasteiger charge is -2.36. The smallest absolute Gasteiger partial charge is 0.265 e. The van der Waals surface area contributed by atoms with Gasteiger partial charge in [-0.05, 0) is 6.92 Å². The van der Waals surface area contributed by atoms with Gasteiger partial charge in [0.05, 0.1) is 30.8 Å². The third kappa shape index (κ3) is 4.31. The maximum atomic E-state index is 13.2. The number of carbonyl (C=O) groups is 1. The molecule has 1 aromatic carbocycles. The molecule has 0 aliphatic carbocycles. The highest BCUT2D eigenvalue weighted by Gasteiger charge is 2.26. The van der Waals surface area contributed by atoms with Gasteiger partial charge < -0.3 is 19.4 Å². The Bertz CT molecular complexity index is 1080. The topological polar surface area (TPSA) is 74.7 Å². The molecule has 2 fully saturated rings. The average molecular weight is 451 g/mol. The van der Waals surface area contributed by atoms with Crippen molar-refractivity contribution in [2.75, 3.05) is 62.3 Å². The highest BCUT2D eigenvalue weighted by molar-refractivity contribution is 7.17. The van der Waals surface area contributed by atoms with E-state index < -0.39 is 0 Å². The van der Waals surface area contributed by atoms with Gasteiger partial charge in [-0.15, -0.1) is 16.4 Å². The Morgan fingerprint density at radius 3 is 2.50 bits per heavy atom. The SMILES string of the molecule is Cc1nc(-c2ccccc2)sc1C(=O)N1CCN(c2cnnc(N3CCOCC3)c2)CC1. The fourth-order valence-electron chi connectivity index (χ4n) is 4.08. The van der Waals surface area contributed by atoms with Crippen molar-refractivity contribution < 1.29 is 9.53 Å². The molecule has 0 radical (unpaired) electrons. The molecular formula is C23H26N6O2S. The van der Waals surface area contributed by atoms with Gasteiger partial charge >= 0.3 is 0 Å². The maximum Gasteiger partial charge on any atom is 0.265 e. The van der Waals surface area contributed by atoms with E-state index >= 15 is 0 Å². The molecule has 3 aromatic rings. The van der Waals surface area contributed by atoms with Crippen molar-refractivity contribution in [1.82, 2.24) is 20.1 Å². The monoisotopic (exact) mass is 450 g/mol. The molecule has 32 heavy (non-hydrogen) atoms. The Hall–Kier alpha value is -3.04. The summed E-state index contributed by atoms with van der Waals surface area (Å²) >= 11 is 1.48. The second kappa shape index (κ2) is 9.22. The number of carbonyl (C=O) groups excluding carboxylic acids is 1. The standard InChI is InChI=1S/C23H26N6O2S/c1-17-21(32-22(25-17)18-5-3-2-4-6-18)23(30)29-9-7-27(8-10-29)19-15-20(26-24-16-19)28-11-13-31-14-12-28/h2-6,15-16H,7-14H2,1H3. The molecule has 2 aliphatic rings. The van der Waals surface area contributed by atoms with Crippen LogP contribution in [-0.2, 0) is 4.74 Å². The van der Waals surface area contributed by atoms with Crippen LogP contribution in [-0.4, -0.2) is 78.5 Å². The van der Waals surface area contributed by atoms with Crippen LogP contribution in [0.3, 0.4) is 0 Å². The number of anilines is 2. The van der Waals surface area contributed by atoms with Crippen LogP contribution >= 0.6 is 11.3 Å². The highest BCUT2D eigenvalue weighted by Crippen LogP contribution is 2.29. The van der Waals surface area contributed by atoms with Gasteiger partial charge in [0.15, 0.2) is 5.82 Å². The first-order chi connectivity index (χ1) is 15.7. The zero-order valence-electron chi connectivity index (χ0n) is 18.1. The lowest BCUT2D eigenvalue weighted by molar-refractivity contribution is 0.0750. The summed E-state index contributed by atoms with van der Waals surface area (Å²) in [5.74, 6) is 0.960. The molecule has 166 valence electrons. The second-order valence-electron chi connectivity index (χ2n) is 7.95. The van der Waals surface area contributed by atoms with Crippen molar-refractivity contribution in [2.45, 2.75) is 6.92 Å². The van der Waals surface area contributed by atoms with E-state index in [1.54, 1.807) is 6.20 Å². The summed E-state index contributed by atoms with van der Waals surface area (Å²) < 4.78 is 5.43. The first-order valence-electron chi connectivity index (χ1n) is 10.9. The largest absolute Gasteiger partial charge is 0.378 e. The Kier molecular flexibility index (Phi) is 6.00. The van der Waals surface area contributed by atoms with E-state index in [1.165, 1.54) is 11.3 Å². The Morgan fingerprint density at radius 1 is 1.00 bits per heavy atom. The first kappa shape index (κ1) is 20.8. The molecule has 2 saturated heterocycles. The molecule has 1 amide bonds. The van der Waals surface area contributed by atoms with Crippen LogP contribution in [0.4, 0.5) is 11.5 Å². The summed E-state index contributed by atoms with van der Waals surface area (Å²) in [6.07, 6.45) is 1.81. The third-order valence-electron chi connectivity index (χ3n) is 5.91. The van der Waals surface area contributed by atoms with Crippen LogP contribution in [0.1, 0.15) is 15.4 Å². The van der Waals surface area contributed by atoms with E-state index in [4.69, 9.17) is 4.74 Å². The summed E-state index contributed by atoms with van der Waals surface area (Å²) in [6, 6.07) is 12.1. The number of aromatic nitrogens is 3. The van der Waals surface area contributed by atoms with Crippen LogP contribution in [0.2, 0.25) is 0 Å². The molecule has 4 heterocycles. The van der Waals surface area contributed by atoms with Gasteiger partial charge in [-0.25, -0.2) is 4.98 Å². The number of piperazine rings is 1. The molecule has 2 aliphatic heterocycles. The van der Waals surface area contributed by atoms with Gasteiger partial charge in [-0.3, -0.25) is 4.79 Å². The second-order valence-corrected chi connectivity index (χ2v) is 8.95. The van der Waals surface area contributed by atoms with Crippen molar-refractivity contribution in [3.63, 3.8) is 0 Å². The fourth-order valence-corrected chi connectivity index (χ4v) is 5.12. The molecule has 0 bridgehead atoms. The van der Waals surface area contributed by atoms with E-state index in [0.29, 0.717) is 13.1 Å². The predicted molar refractivity (Wildman–Crippen MR) is 125 cm³/mol. The van der Waals surface area contributed by atoms with Gasteiger partial charge in [0.1, 0.15) is 9.88 Å². The number of hydrogen-bond acceptors (Lipinski definition) is 8. The van der Waals surface area contributed by atoms with Crippen molar-refractivity contribution in [3.05, 3.63) is 53.2 Å². The van der Waals surface area contributed by atoms with Crippen LogP contribution in [0.25, 0.3) is 10.6 Å². The molecular weight excluding hydrogens is 424 g/mol. The van der Waals surface area contributed by atoms with Crippen molar-refractivity contribution in [1.29, 1.82) is 0 Å². The van der Waals surface area contributed by atoms with Crippen molar-refractivity contribution in [3.8, 4) is 10.6 Å². The molecule has 0 saturated carbocycles. The minimum atomic E-state index is 0.0729. The maximum absolute atomic E-state index is 13.2. The number of benzene rings is 1. The van der Waals surface area contributed by atoms with Gasteiger partial charge in [-0.1, -0.05) is 30.3 Å². The number of hydrogen-bond donors (Lipinski definition) is 0. The number of nitrogens with zero attached hydrogens (tertiary/aromatic N) is 6. The van der Waals surface area contributed by atoms with Crippen LogP contribution < -0.4 is 9.80 Å². The lowest BCUT2D eigenvalue weighted by atomic mass is 10.2. The summed E-state index contributed by atoms with van der Waals surface area (Å²) in [7, 11) is 0. The fraction of sp³-hybridized carbons (Fsp3) is 0.391. The number of ether oxygens (including phenoxy) is 1. The first-order valence-corrected chi connectivity index (χ1v) is 11.7. The van der Waals surface area contributed by atoms with E-state index in [9.17, 15) is 4.79 Å².